The number of nitrogens with zero attached hydrogens (tertiary/aromatic N) is 1. The summed E-state index contributed by atoms with van der Waals surface area (Å²) in [6.45, 7) is 40.8. The molecule has 0 rings (SSSR count). The molecule has 0 radical (unpaired) electrons. The first-order valence-electron chi connectivity index (χ1n) is 28.5. The molecule has 81 heavy (non-hydrogen) atoms. The van der Waals surface area contributed by atoms with Gasteiger partial charge >= 0.3 is 53.2 Å². The highest BCUT2D eigenvalue weighted by atomic mass is 28.4. The Hall–Kier alpha value is -2.66. The van der Waals surface area contributed by atoms with E-state index in [-0.39, 0.29) is 39.4 Å². The summed E-state index contributed by atoms with van der Waals surface area (Å²) >= 11 is 0. The second-order valence-electron chi connectivity index (χ2n) is 16.8. The molecule has 0 bridgehead atoms. The lowest BCUT2D eigenvalue weighted by Crippen LogP contribution is -2.46. The van der Waals surface area contributed by atoms with Crippen LogP contribution in [0.4, 0.5) is 4.79 Å². The maximum atomic E-state index is 12.5. The normalized spacial score (nSPS) is 12.3. The van der Waals surface area contributed by atoms with Crippen molar-refractivity contribution in [3.63, 3.8) is 0 Å². The number of isocyanates is 1. The van der Waals surface area contributed by atoms with Gasteiger partial charge in [0.15, 0.2) is 6.10 Å². The number of amides is 1. The van der Waals surface area contributed by atoms with E-state index in [1.54, 1.807) is 13.8 Å². The highest BCUT2D eigenvalue weighted by Gasteiger charge is 2.42. The Labute approximate surface area is 491 Å². The number of aliphatic hydroxyl groups is 1. The molecule has 0 aromatic heterocycles. The van der Waals surface area contributed by atoms with Crippen LogP contribution in [0.15, 0.2) is 29.3 Å². The van der Waals surface area contributed by atoms with Crippen molar-refractivity contribution in [2.24, 2.45) is 4.99 Å². The Morgan fingerprint density at radius 2 is 0.790 bits per heavy atom. The molecule has 24 nitrogen and oxygen atoms in total. The van der Waals surface area contributed by atoms with Crippen LogP contribution in [0.3, 0.4) is 0 Å². The number of esters is 2. The molecule has 0 aliphatic heterocycles. The lowest BCUT2D eigenvalue weighted by Gasteiger charge is -2.28. The second kappa shape index (κ2) is 55.2. The van der Waals surface area contributed by atoms with Crippen LogP contribution in [0.2, 0.25) is 24.2 Å². The van der Waals surface area contributed by atoms with Crippen LogP contribution >= 0.6 is 0 Å². The van der Waals surface area contributed by atoms with E-state index in [1.165, 1.54) is 6.08 Å². The quantitative estimate of drug-likeness (QED) is 0.0110. The molecule has 2 unspecified atom stereocenters. The Morgan fingerprint density at radius 3 is 1.11 bits per heavy atom. The predicted octanol–water partition coefficient (Wildman–Crippen LogP) is 8.41. The Bertz CT molecular complexity index is 1550. The van der Waals surface area contributed by atoms with Crippen LogP contribution in [0.1, 0.15) is 130 Å². The maximum Gasteiger partial charge on any atom is 0.501 e. The van der Waals surface area contributed by atoms with Gasteiger partial charge in [-0.05, 0) is 123 Å². The molecular formula is C53H110N2O22Si4. The summed E-state index contributed by atoms with van der Waals surface area (Å²) in [5.41, 5.74) is 0.547. The number of carbonyl (C=O) groups is 3. The molecule has 0 aromatic rings. The second-order valence-corrected chi connectivity index (χ2v) is 27.8. The number of nitrogens with one attached hydrogen (secondary N) is 1. The summed E-state index contributed by atoms with van der Waals surface area (Å²) in [7, 11) is -10.7. The van der Waals surface area contributed by atoms with E-state index in [4.69, 9.17) is 76.8 Å². The smallest absolute Gasteiger partial charge is 0.460 e. The zero-order valence-corrected chi connectivity index (χ0v) is 55.3. The van der Waals surface area contributed by atoms with E-state index in [0.29, 0.717) is 155 Å². The number of aliphatic imine (C=N–C) groups is 1. The van der Waals surface area contributed by atoms with Gasteiger partial charge < -0.3 is 87.2 Å². The average Bonchev–Trinajstić information content (AvgIpc) is 3.40. The topological polar surface area (TPSA) is 270 Å². The number of hydrogen-bond acceptors (Lipinski definition) is 23. The third-order valence-electron chi connectivity index (χ3n) is 10.1. The first-order valence-corrected chi connectivity index (χ1v) is 36.2. The zero-order valence-electron chi connectivity index (χ0n) is 51.3. The predicted molar refractivity (Wildman–Crippen MR) is 317 cm³/mol. The van der Waals surface area contributed by atoms with Gasteiger partial charge in [-0.1, -0.05) is 20.6 Å². The van der Waals surface area contributed by atoms with Gasteiger partial charge in [-0.2, -0.15) is 0 Å². The summed E-state index contributed by atoms with van der Waals surface area (Å²) in [4.78, 5) is 49.0. The maximum absolute atomic E-state index is 12.5. The highest BCUT2D eigenvalue weighted by Crippen LogP contribution is 2.21. The van der Waals surface area contributed by atoms with Crippen molar-refractivity contribution >= 4 is 59.3 Å². The molecule has 0 aromatic carbocycles. The molecule has 28 heteroatoms. The molecule has 0 aliphatic rings. The fourth-order valence-electron chi connectivity index (χ4n) is 7.08. The minimum absolute atomic E-state index is 0. The van der Waals surface area contributed by atoms with Gasteiger partial charge in [0.25, 0.3) is 0 Å². The summed E-state index contributed by atoms with van der Waals surface area (Å²) in [5, 5.41) is 12.4. The molecule has 0 fully saturated rings. The minimum atomic E-state index is -2.79. The van der Waals surface area contributed by atoms with Crippen molar-refractivity contribution in [3.05, 3.63) is 24.3 Å². The van der Waals surface area contributed by atoms with Gasteiger partial charge in [-0.3, -0.25) is 0 Å². The van der Waals surface area contributed by atoms with Crippen molar-refractivity contribution in [1.82, 2.24) is 5.32 Å². The fourth-order valence-corrected chi connectivity index (χ4v) is 17.4. The number of carbonyl (C=O) groups excluding carboxylic acids is 4. The largest absolute Gasteiger partial charge is 0.501 e. The molecule has 0 saturated carbocycles. The molecule has 1 amide bonds. The van der Waals surface area contributed by atoms with Crippen molar-refractivity contribution in [2.45, 2.75) is 166 Å². The monoisotopic (exact) mass is 1240 g/mol. The van der Waals surface area contributed by atoms with Gasteiger partial charge in [-0.25, -0.2) is 24.2 Å². The first-order chi connectivity index (χ1) is 38.3. The first kappa shape index (κ1) is 84.8. The number of alkyl carbamates (subject to hydrolysis) is 1. The van der Waals surface area contributed by atoms with Crippen molar-refractivity contribution < 1.29 is 101 Å². The van der Waals surface area contributed by atoms with Crippen molar-refractivity contribution in [2.75, 3.05) is 132 Å². The highest BCUT2D eigenvalue weighted by molar-refractivity contribution is 6.61. The zero-order chi connectivity index (χ0) is 61.0. The van der Waals surface area contributed by atoms with E-state index in [0.717, 1.165) is 6.42 Å². The number of ether oxygens (including phenoxy) is 5. The molecule has 0 spiro atoms. The van der Waals surface area contributed by atoms with Crippen LogP contribution in [0.5, 0.6) is 0 Å². The summed E-state index contributed by atoms with van der Waals surface area (Å²) in [6, 6.07) is 2.49. The molecule has 480 valence electrons. The molecular weight excluding hydrogens is 1130 g/mol. The summed E-state index contributed by atoms with van der Waals surface area (Å²) in [5.74, 6) is -1.09. The van der Waals surface area contributed by atoms with Crippen LogP contribution in [-0.4, -0.2) is 209 Å². The third kappa shape index (κ3) is 43.6. The van der Waals surface area contributed by atoms with E-state index in [9.17, 15) is 24.3 Å². The van der Waals surface area contributed by atoms with Crippen molar-refractivity contribution in [1.29, 1.82) is 0 Å². The fraction of sp³-hybridized carbons (Fsp3) is 0.849. The van der Waals surface area contributed by atoms with Gasteiger partial charge in [0.05, 0.1) is 19.8 Å². The lowest BCUT2D eigenvalue weighted by molar-refractivity contribution is -0.143. The summed E-state index contributed by atoms with van der Waals surface area (Å²) in [6.07, 6.45) is 1.84. The Morgan fingerprint density at radius 1 is 0.481 bits per heavy atom. The average molecular weight is 1240 g/mol. The van der Waals surface area contributed by atoms with Gasteiger partial charge in [0.2, 0.25) is 6.08 Å². The standard InChI is InChI=1S/C26H53NO11Si2.C16H32O7Si.C10H21NO4Si.CH4/c1-9-32-39(33-10-2,34-11-3)19-15-17-27-26(29)38-24(22-31-25(28)23(7)8)21-30-18-16-20-40(35-12-4,36-13-5)37-14-6;1-6-21-24(22-7-2,23-8-3)11-9-10-19-12-15(17)13-20-16(18)14(4)5;1-4-13-16(14-5-2,15-6-3)9-7-8-11-10-12;/h24H,7,9-22H2,1-6,8H3,(H,27,29);15,17H,4,6-13H2,1-3,5H3;4-9H2,1-3H3;1H4. The van der Waals surface area contributed by atoms with E-state index >= 15 is 0 Å². The van der Waals surface area contributed by atoms with Gasteiger partial charge in [-0.15, -0.1) is 0 Å². The molecule has 0 saturated heterocycles. The van der Waals surface area contributed by atoms with Crippen LogP contribution in [-0.2, 0) is 91.2 Å². The van der Waals surface area contributed by atoms with E-state index < -0.39 is 65.5 Å². The van der Waals surface area contributed by atoms with Gasteiger partial charge in [0, 0.05) is 134 Å². The van der Waals surface area contributed by atoms with E-state index in [1.807, 2.05) is 83.1 Å². The molecule has 2 N–H and O–H groups in total. The number of rotatable bonds is 51. The van der Waals surface area contributed by atoms with Gasteiger partial charge in [0.1, 0.15) is 19.3 Å². The third-order valence-corrected chi connectivity index (χ3v) is 22.7. The Balaban J connectivity index is -0.000000610. The summed E-state index contributed by atoms with van der Waals surface area (Å²) < 4.78 is 96.0. The van der Waals surface area contributed by atoms with Crippen molar-refractivity contribution in [3.8, 4) is 0 Å². The number of hydrogen-bond donors (Lipinski definition) is 2. The SMILES string of the molecule is C.C=C(C)C(=O)OCC(COCCC[Si](OCC)(OCC)OCC)OC(=O)NCCC[Si](OCC)(OCC)OCC.C=C(C)C(=O)OCC(O)COCCC[Si](OCC)(OCC)OCC.CCO[Si](CCCN=C=O)(OCC)OCC. The minimum Gasteiger partial charge on any atom is -0.460 e. The van der Waals surface area contributed by atoms with Crippen LogP contribution in [0.25, 0.3) is 0 Å². The van der Waals surface area contributed by atoms with E-state index in [2.05, 4.69) is 23.5 Å². The molecule has 0 heterocycles. The number of aliphatic hydroxyl groups excluding tert-OH is 1. The Kier molecular flexibility index (Phi) is 57.8. The van der Waals surface area contributed by atoms with Crippen LogP contribution in [0, 0.1) is 0 Å². The molecule has 2 atom stereocenters. The lowest BCUT2D eigenvalue weighted by atomic mass is 10.3. The van der Waals surface area contributed by atoms with Crippen LogP contribution < -0.4 is 5.32 Å². The molecule has 0 aliphatic carbocycles.